The van der Waals surface area contributed by atoms with Crippen molar-refractivity contribution in [2.24, 2.45) is 70.5 Å². The molecule has 8 aliphatic rings. The molecule has 11 heteroatoms. The maximum atomic E-state index is 14.6. The van der Waals surface area contributed by atoms with Crippen LogP contribution in [0.3, 0.4) is 0 Å². The number of hydrogen-bond acceptors (Lipinski definition) is 9. The second-order valence-electron chi connectivity index (χ2n) is 24.9. The van der Waals surface area contributed by atoms with Crippen LogP contribution in [0.5, 0.6) is 0 Å². The Kier molecular flexibility index (Phi) is 18.6. The first-order valence-corrected chi connectivity index (χ1v) is 27.4. The normalized spacial score (nSPS) is 37.4. The molecule has 7 aliphatic carbocycles. The Morgan fingerprint density at radius 2 is 1.35 bits per heavy atom. The van der Waals surface area contributed by atoms with E-state index in [2.05, 4.69) is 74.7 Å². The molecule has 0 aromatic heterocycles. The summed E-state index contributed by atoms with van der Waals surface area (Å²) in [6.45, 7) is 12.1. The molecule has 7 saturated carbocycles. The molecule has 1 saturated heterocycles. The Bertz CT molecular complexity index is 1480. The van der Waals surface area contributed by atoms with E-state index in [0.29, 0.717) is 65.3 Å². The first-order chi connectivity index (χ1) is 31.1. The Labute approximate surface area is 396 Å². The fraction of sp³-hybridized carbons (Fsp3) is 0.963. The van der Waals surface area contributed by atoms with Gasteiger partial charge in [0.05, 0.1) is 12.7 Å². The van der Waals surface area contributed by atoms with Crippen LogP contribution in [0.4, 0.5) is 0 Å². The largest absolute Gasteiger partial charge is 0.394 e. The van der Waals surface area contributed by atoms with Gasteiger partial charge in [0.2, 0.25) is 11.8 Å². The second-order valence-corrected chi connectivity index (χ2v) is 24.9. The Hall–Kier alpha value is -1.34. The lowest BCUT2D eigenvalue weighted by Crippen LogP contribution is -2.62. The molecule has 0 aromatic rings. The Morgan fingerprint density at radius 3 is 1.95 bits per heavy atom. The summed E-state index contributed by atoms with van der Waals surface area (Å²) >= 11 is 0. The van der Waals surface area contributed by atoms with Crippen LogP contribution in [0.2, 0.25) is 0 Å². The lowest BCUT2D eigenvalue weighted by Gasteiger charge is -2.62. The summed E-state index contributed by atoms with van der Waals surface area (Å²) in [4.78, 5) is 40.2. The molecule has 15 atom stereocenters. The topological polar surface area (TPSA) is 130 Å². The molecule has 1 heterocycles. The van der Waals surface area contributed by atoms with Crippen molar-refractivity contribution in [1.82, 2.24) is 30.8 Å². The quantitative estimate of drug-likeness (QED) is 0.0845. The molecule has 11 nitrogen and oxygen atoms in total. The molecule has 0 spiro atoms. The van der Waals surface area contributed by atoms with Crippen LogP contribution < -0.4 is 16.0 Å². The molecule has 0 aromatic carbocycles. The Morgan fingerprint density at radius 1 is 0.738 bits per heavy atom. The summed E-state index contributed by atoms with van der Waals surface area (Å²) in [5.41, 5.74) is 0.329. The number of aliphatic hydroxyl groups excluding tert-OH is 2. The van der Waals surface area contributed by atoms with Gasteiger partial charge in [-0.3, -0.25) is 14.4 Å². The lowest BCUT2D eigenvalue weighted by atomic mass is 9.45. The van der Waals surface area contributed by atoms with Crippen LogP contribution in [0.15, 0.2) is 0 Å². The zero-order valence-electron chi connectivity index (χ0n) is 42.7. The van der Waals surface area contributed by atoms with E-state index in [4.69, 9.17) is 4.84 Å². The number of hydrogen-bond donors (Lipinski definition) is 5. The first kappa shape index (κ1) is 51.5. The minimum Gasteiger partial charge on any atom is -0.394 e. The number of hydroxylamine groups is 2. The monoisotopic (exact) mass is 911 g/mol. The molecule has 5 unspecified atom stereocenters. The summed E-state index contributed by atoms with van der Waals surface area (Å²) in [5, 5.41) is 34.8. The minimum atomic E-state index is -0.793. The SMILES string of the molecule is C[C@@H]1[C@@H](NC(=O)[C@@H]2[C@H]([C@H](C)O)[C@H](CO)ON2CC2CCCC(C3CC(CN[C@@H](CC4CCCCC4)CN(C)C)CC(C(=O)N[C@@H](CC4CCCCC4)CN(C)C)C3)C2)C[C@H]2C[C@@H]1C2(C)C. The number of aliphatic hydroxyl groups is 2. The van der Waals surface area contributed by atoms with Crippen molar-refractivity contribution in [1.29, 1.82) is 0 Å². The Balaban J connectivity index is 1.04. The minimum absolute atomic E-state index is 0.0217. The van der Waals surface area contributed by atoms with E-state index in [1.807, 2.05) is 5.06 Å². The van der Waals surface area contributed by atoms with Gasteiger partial charge in [-0.25, -0.2) is 0 Å². The second kappa shape index (κ2) is 23.5. The number of nitrogens with zero attached hydrogens (tertiary/aromatic N) is 3. The zero-order chi connectivity index (χ0) is 46.4. The highest BCUT2D eigenvalue weighted by Crippen LogP contribution is 2.61. The summed E-state index contributed by atoms with van der Waals surface area (Å²) in [6, 6.07) is 0.140. The van der Waals surface area contributed by atoms with Crippen LogP contribution in [0.1, 0.15) is 163 Å². The number of nitrogens with one attached hydrogen (secondary N) is 3. The fourth-order valence-electron chi connectivity index (χ4n) is 15.5. The lowest BCUT2D eigenvalue weighted by molar-refractivity contribution is -0.185. The molecule has 65 heavy (non-hydrogen) atoms. The molecule has 8 fully saturated rings. The predicted octanol–water partition coefficient (Wildman–Crippen LogP) is 7.49. The number of fused-ring (bicyclic) bond motifs is 2. The van der Waals surface area contributed by atoms with E-state index in [1.54, 1.807) is 6.92 Å². The van der Waals surface area contributed by atoms with E-state index in [1.165, 1.54) is 83.5 Å². The summed E-state index contributed by atoms with van der Waals surface area (Å²) in [5.74, 6) is 4.71. The van der Waals surface area contributed by atoms with Crippen molar-refractivity contribution in [2.75, 3.05) is 61.0 Å². The fourth-order valence-corrected chi connectivity index (χ4v) is 15.5. The van der Waals surface area contributed by atoms with Crippen molar-refractivity contribution < 1.29 is 24.6 Å². The molecular weight excluding hydrogens is 813 g/mol. The number of rotatable bonds is 20. The first-order valence-electron chi connectivity index (χ1n) is 27.4. The third-order valence-corrected chi connectivity index (χ3v) is 19.1. The van der Waals surface area contributed by atoms with Gasteiger partial charge >= 0.3 is 0 Å². The summed E-state index contributed by atoms with van der Waals surface area (Å²) in [6.07, 6.45) is 24.2. The van der Waals surface area contributed by atoms with Crippen LogP contribution in [0, 0.1) is 70.5 Å². The molecule has 8 rings (SSSR count). The van der Waals surface area contributed by atoms with E-state index < -0.39 is 24.2 Å². The van der Waals surface area contributed by atoms with Crippen molar-refractivity contribution in [3.05, 3.63) is 0 Å². The van der Waals surface area contributed by atoms with Gasteiger partial charge in [0.1, 0.15) is 12.1 Å². The van der Waals surface area contributed by atoms with E-state index in [-0.39, 0.29) is 36.4 Å². The standard InChI is InChI=1S/C54H98N6O5/c1-35-47-28-44(54(47,3)4)29-48(35)57-53(64)51-50(36(2)62)49(34-61)65-60(51)31-39-20-15-21-41(22-39)42-23-40(30-55-45(32-58(5)6)25-37-16-11-9-12-17-37)24-43(27-42)52(63)56-46(33-59(7)8)26-38-18-13-10-14-19-38/h35-51,55,61-62H,9-34H2,1-8H3,(H,56,63)(H,57,64)/t35-,36-,39?,40?,41?,42?,43?,44+,45-,46-,47-,48-,49-,50+,51-/m0/s1. The van der Waals surface area contributed by atoms with Gasteiger partial charge in [0.25, 0.3) is 0 Å². The van der Waals surface area contributed by atoms with Crippen molar-refractivity contribution in [3.8, 4) is 0 Å². The van der Waals surface area contributed by atoms with E-state index in [0.717, 1.165) is 76.9 Å². The van der Waals surface area contributed by atoms with Crippen LogP contribution in [0.25, 0.3) is 0 Å². The molecule has 1 aliphatic heterocycles. The van der Waals surface area contributed by atoms with Gasteiger partial charge in [0, 0.05) is 49.6 Å². The molecule has 2 amide bonds. The number of likely N-dealkylation sites (N-methyl/N-ethyl adjacent to an activating group) is 2. The molecule has 374 valence electrons. The van der Waals surface area contributed by atoms with Gasteiger partial charge < -0.3 is 36.0 Å². The average Bonchev–Trinajstić information content (AvgIpc) is 3.65. The van der Waals surface area contributed by atoms with Crippen molar-refractivity contribution >= 4 is 11.8 Å². The highest BCUT2D eigenvalue weighted by Gasteiger charge is 2.57. The van der Waals surface area contributed by atoms with E-state index in [9.17, 15) is 19.8 Å². The van der Waals surface area contributed by atoms with Gasteiger partial charge in [-0.05, 0) is 158 Å². The van der Waals surface area contributed by atoms with Crippen LogP contribution in [-0.4, -0.2) is 134 Å². The predicted molar refractivity (Wildman–Crippen MR) is 262 cm³/mol. The van der Waals surface area contributed by atoms with Gasteiger partial charge in [-0.15, -0.1) is 0 Å². The zero-order valence-corrected chi connectivity index (χ0v) is 42.7. The number of carbonyl (C=O) groups is 2. The van der Waals surface area contributed by atoms with Gasteiger partial charge in [-0.1, -0.05) is 97.8 Å². The number of carbonyl (C=O) groups excluding carboxylic acids is 2. The van der Waals surface area contributed by atoms with Gasteiger partial charge in [0.15, 0.2) is 0 Å². The maximum Gasteiger partial charge on any atom is 0.240 e. The number of amides is 2. The van der Waals surface area contributed by atoms with Crippen molar-refractivity contribution in [2.45, 2.75) is 199 Å². The van der Waals surface area contributed by atoms with Gasteiger partial charge in [-0.2, -0.15) is 5.06 Å². The summed E-state index contributed by atoms with van der Waals surface area (Å²) < 4.78 is 0. The molecule has 5 N–H and O–H groups in total. The average molecular weight is 911 g/mol. The highest BCUT2D eigenvalue weighted by atomic mass is 16.7. The molecule has 0 radical (unpaired) electrons. The van der Waals surface area contributed by atoms with Crippen LogP contribution >= 0.6 is 0 Å². The van der Waals surface area contributed by atoms with Crippen molar-refractivity contribution in [3.63, 3.8) is 0 Å². The third-order valence-electron chi connectivity index (χ3n) is 19.1. The third kappa shape index (κ3) is 13.3. The highest BCUT2D eigenvalue weighted by molar-refractivity contribution is 5.83. The summed E-state index contributed by atoms with van der Waals surface area (Å²) in [7, 11) is 8.70. The molecule has 2 bridgehead atoms. The smallest absolute Gasteiger partial charge is 0.240 e. The van der Waals surface area contributed by atoms with Crippen LogP contribution in [-0.2, 0) is 14.4 Å². The maximum absolute atomic E-state index is 14.6. The van der Waals surface area contributed by atoms with E-state index >= 15 is 0 Å². The molecular formula is C54H98N6O5.